The number of aryl methyl sites for hydroxylation is 1. The number of ether oxygens (including phenoxy) is 1. The van der Waals surface area contributed by atoms with Crippen molar-refractivity contribution in [3.05, 3.63) is 22.4 Å². The lowest BCUT2D eigenvalue weighted by Gasteiger charge is -2.16. The lowest BCUT2D eigenvalue weighted by atomic mass is 10.1. The molecular formula is C10H15F3N2OS. The first-order valence-electron chi connectivity index (χ1n) is 5.13. The number of hydrogen-bond acceptors (Lipinski definition) is 4. The molecule has 17 heavy (non-hydrogen) atoms. The Kier molecular flexibility index (Phi) is 5.90. The maximum atomic E-state index is 11.8. The van der Waals surface area contributed by atoms with E-state index in [9.17, 15) is 13.2 Å². The van der Waals surface area contributed by atoms with Crippen molar-refractivity contribution in [3.63, 3.8) is 0 Å². The molecule has 1 unspecified atom stereocenters. The van der Waals surface area contributed by atoms with Crippen LogP contribution in [-0.4, -0.2) is 25.4 Å². The topological polar surface area (TPSA) is 47.3 Å². The van der Waals surface area contributed by atoms with E-state index >= 15 is 0 Å². The van der Waals surface area contributed by atoms with Crippen molar-refractivity contribution >= 4 is 11.3 Å². The van der Waals surface area contributed by atoms with Gasteiger partial charge in [0.15, 0.2) is 0 Å². The van der Waals surface area contributed by atoms with Crippen LogP contribution < -0.4 is 11.3 Å². The predicted octanol–water partition coefficient (Wildman–Crippen LogP) is 2.09. The number of halogens is 3. The Morgan fingerprint density at radius 1 is 1.47 bits per heavy atom. The maximum absolute atomic E-state index is 11.8. The molecule has 0 bridgehead atoms. The van der Waals surface area contributed by atoms with Gasteiger partial charge in [-0.15, -0.1) is 0 Å². The van der Waals surface area contributed by atoms with Crippen LogP contribution in [0.5, 0.6) is 0 Å². The number of hydrogen-bond donors (Lipinski definition) is 2. The highest BCUT2D eigenvalue weighted by Gasteiger charge is 2.27. The third-order valence-electron chi connectivity index (χ3n) is 2.18. The largest absolute Gasteiger partial charge is 0.411 e. The van der Waals surface area contributed by atoms with E-state index in [1.165, 1.54) is 0 Å². The normalized spacial score (nSPS) is 13.9. The molecule has 0 aliphatic carbocycles. The van der Waals surface area contributed by atoms with Gasteiger partial charge in [-0.05, 0) is 35.2 Å². The quantitative estimate of drug-likeness (QED) is 0.588. The fourth-order valence-corrected chi connectivity index (χ4v) is 2.01. The van der Waals surface area contributed by atoms with Crippen molar-refractivity contribution in [3.8, 4) is 0 Å². The Labute approximate surface area is 102 Å². The van der Waals surface area contributed by atoms with E-state index in [0.29, 0.717) is 6.42 Å². The highest BCUT2D eigenvalue weighted by Crippen LogP contribution is 2.15. The minimum atomic E-state index is -4.29. The molecule has 0 aliphatic heterocycles. The SMILES string of the molecule is NNC(CCc1ccsc1)COCC(F)(F)F. The molecule has 7 heteroatoms. The minimum Gasteiger partial charge on any atom is -0.370 e. The Hall–Kier alpha value is -0.630. The number of nitrogens with one attached hydrogen (secondary N) is 1. The zero-order valence-electron chi connectivity index (χ0n) is 9.17. The van der Waals surface area contributed by atoms with E-state index in [1.807, 2.05) is 16.8 Å². The van der Waals surface area contributed by atoms with Gasteiger partial charge in [0.1, 0.15) is 6.61 Å². The summed E-state index contributed by atoms with van der Waals surface area (Å²) in [7, 11) is 0. The van der Waals surface area contributed by atoms with Crippen molar-refractivity contribution in [2.24, 2.45) is 5.84 Å². The smallest absolute Gasteiger partial charge is 0.370 e. The van der Waals surface area contributed by atoms with E-state index in [0.717, 1.165) is 12.0 Å². The molecule has 1 rings (SSSR count). The van der Waals surface area contributed by atoms with Crippen LogP contribution in [0.2, 0.25) is 0 Å². The second-order valence-corrected chi connectivity index (χ2v) is 4.44. The average Bonchev–Trinajstić information content (AvgIpc) is 2.74. The van der Waals surface area contributed by atoms with Crippen LogP contribution in [0.3, 0.4) is 0 Å². The molecular weight excluding hydrogens is 253 g/mol. The Morgan fingerprint density at radius 3 is 2.76 bits per heavy atom. The third kappa shape index (κ3) is 6.62. The molecule has 3 nitrogen and oxygen atoms in total. The summed E-state index contributed by atoms with van der Waals surface area (Å²) in [5, 5.41) is 3.96. The van der Waals surface area contributed by atoms with Crippen molar-refractivity contribution in [2.45, 2.75) is 25.1 Å². The van der Waals surface area contributed by atoms with E-state index in [4.69, 9.17) is 5.84 Å². The van der Waals surface area contributed by atoms with Crippen LogP contribution in [0, 0.1) is 0 Å². The molecule has 0 radical (unpaired) electrons. The molecule has 1 aromatic heterocycles. The minimum absolute atomic E-state index is 0.0415. The molecule has 1 aromatic rings. The molecule has 0 aromatic carbocycles. The van der Waals surface area contributed by atoms with E-state index in [2.05, 4.69) is 10.2 Å². The summed E-state index contributed by atoms with van der Waals surface area (Å²) in [5.41, 5.74) is 3.62. The van der Waals surface area contributed by atoms with E-state index in [-0.39, 0.29) is 12.6 Å². The second-order valence-electron chi connectivity index (χ2n) is 3.66. The lowest BCUT2D eigenvalue weighted by molar-refractivity contribution is -0.175. The van der Waals surface area contributed by atoms with E-state index in [1.54, 1.807) is 11.3 Å². The molecule has 0 amide bonds. The molecule has 0 spiro atoms. The lowest BCUT2D eigenvalue weighted by Crippen LogP contribution is -2.39. The predicted molar refractivity (Wildman–Crippen MR) is 60.6 cm³/mol. The molecule has 0 saturated carbocycles. The average molecular weight is 268 g/mol. The first-order chi connectivity index (χ1) is 8.01. The summed E-state index contributed by atoms with van der Waals surface area (Å²) < 4.78 is 40.1. The fourth-order valence-electron chi connectivity index (χ4n) is 1.31. The van der Waals surface area contributed by atoms with Crippen LogP contribution in [0.4, 0.5) is 13.2 Å². The third-order valence-corrected chi connectivity index (χ3v) is 2.91. The zero-order valence-corrected chi connectivity index (χ0v) is 9.98. The van der Waals surface area contributed by atoms with Gasteiger partial charge in [0.25, 0.3) is 0 Å². The van der Waals surface area contributed by atoms with Gasteiger partial charge in [0.05, 0.1) is 6.61 Å². The van der Waals surface area contributed by atoms with Gasteiger partial charge in [-0.3, -0.25) is 11.3 Å². The van der Waals surface area contributed by atoms with Gasteiger partial charge >= 0.3 is 6.18 Å². The van der Waals surface area contributed by atoms with Crippen LogP contribution in [0.1, 0.15) is 12.0 Å². The van der Waals surface area contributed by atoms with Gasteiger partial charge < -0.3 is 4.74 Å². The Balaban J connectivity index is 2.20. The van der Waals surface area contributed by atoms with Gasteiger partial charge in [-0.2, -0.15) is 24.5 Å². The fraction of sp³-hybridized carbons (Fsp3) is 0.600. The molecule has 0 fully saturated rings. The summed E-state index contributed by atoms with van der Waals surface area (Å²) in [6.07, 6.45) is -2.87. The van der Waals surface area contributed by atoms with E-state index < -0.39 is 12.8 Å². The Bertz CT molecular complexity index is 303. The highest BCUT2D eigenvalue weighted by molar-refractivity contribution is 7.07. The standard InChI is InChI=1S/C10H15F3N2OS/c11-10(12,13)7-16-5-9(15-14)2-1-8-3-4-17-6-8/h3-4,6,9,15H,1-2,5,7,14H2. The van der Waals surface area contributed by atoms with Crippen LogP contribution in [0.25, 0.3) is 0 Å². The second kappa shape index (κ2) is 6.95. The summed E-state index contributed by atoms with van der Waals surface area (Å²) in [5.74, 6) is 5.25. The first kappa shape index (κ1) is 14.4. The van der Waals surface area contributed by atoms with Crippen molar-refractivity contribution in [1.82, 2.24) is 5.43 Å². The number of alkyl halides is 3. The molecule has 0 saturated heterocycles. The van der Waals surface area contributed by atoms with Crippen molar-refractivity contribution < 1.29 is 17.9 Å². The molecule has 1 heterocycles. The maximum Gasteiger partial charge on any atom is 0.411 e. The summed E-state index contributed by atoms with van der Waals surface area (Å²) in [4.78, 5) is 0. The summed E-state index contributed by atoms with van der Waals surface area (Å²) >= 11 is 1.59. The molecule has 98 valence electrons. The number of rotatable bonds is 7. The highest BCUT2D eigenvalue weighted by atomic mass is 32.1. The number of nitrogens with two attached hydrogens (primary N) is 1. The van der Waals surface area contributed by atoms with Gasteiger partial charge in [0.2, 0.25) is 0 Å². The first-order valence-corrected chi connectivity index (χ1v) is 6.07. The number of thiophene rings is 1. The van der Waals surface area contributed by atoms with Crippen LogP contribution >= 0.6 is 11.3 Å². The van der Waals surface area contributed by atoms with Crippen LogP contribution in [0.15, 0.2) is 16.8 Å². The molecule has 0 aliphatic rings. The summed E-state index contributed by atoms with van der Waals surface area (Å²) in [6.45, 7) is -1.27. The summed E-state index contributed by atoms with van der Waals surface area (Å²) in [6, 6.07) is 1.71. The van der Waals surface area contributed by atoms with Gasteiger partial charge in [0, 0.05) is 6.04 Å². The zero-order chi connectivity index (χ0) is 12.7. The van der Waals surface area contributed by atoms with Crippen molar-refractivity contribution in [1.29, 1.82) is 0 Å². The van der Waals surface area contributed by atoms with Crippen LogP contribution in [-0.2, 0) is 11.2 Å². The monoisotopic (exact) mass is 268 g/mol. The van der Waals surface area contributed by atoms with Gasteiger partial charge in [-0.25, -0.2) is 0 Å². The molecule has 1 atom stereocenters. The molecule has 3 N–H and O–H groups in total. The van der Waals surface area contributed by atoms with Gasteiger partial charge in [-0.1, -0.05) is 0 Å². The number of hydrazine groups is 1. The Morgan fingerprint density at radius 2 is 2.24 bits per heavy atom. The van der Waals surface area contributed by atoms with Crippen molar-refractivity contribution in [2.75, 3.05) is 13.2 Å².